The van der Waals surface area contributed by atoms with Gasteiger partial charge >= 0.3 is 6.09 Å². The Labute approximate surface area is 203 Å². The molecule has 8 heteroatoms. The van der Waals surface area contributed by atoms with E-state index in [4.69, 9.17) is 9.47 Å². The number of carbonyl (C=O) groups is 1. The number of piperazine rings is 1. The molecule has 0 spiro atoms. The van der Waals surface area contributed by atoms with Crippen LogP contribution in [0.25, 0.3) is 0 Å². The molecule has 2 aromatic rings. The Morgan fingerprint density at radius 1 is 1.03 bits per heavy atom. The molecule has 0 radical (unpaired) electrons. The number of hydrogen-bond donors (Lipinski definition) is 0. The van der Waals surface area contributed by atoms with E-state index < -0.39 is 33.8 Å². The van der Waals surface area contributed by atoms with Crippen LogP contribution in [0.2, 0.25) is 0 Å². The highest BCUT2D eigenvalue weighted by Gasteiger charge is 2.43. The van der Waals surface area contributed by atoms with Gasteiger partial charge in [0.15, 0.2) is 0 Å². The van der Waals surface area contributed by atoms with Gasteiger partial charge in [-0.25, -0.2) is 13.2 Å². The van der Waals surface area contributed by atoms with E-state index in [9.17, 15) is 13.2 Å². The van der Waals surface area contributed by atoms with Gasteiger partial charge in [-0.1, -0.05) is 54.6 Å². The number of rotatable bonds is 8. The summed E-state index contributed by atoms with van der Waals surface area (Å²) in [5.74, 6) is 0. The first kappa shape index (κ1) is 25.9. The number of sulfonamides is 1. The van der Waals surface area contributed by atoms with Gasteiger partial charge in [-0.05, 0) is 44.9 Å². The third kappa shape index (κ3) is 6.68. The van der Waals surface area contributed by atoms with Crippen LogP contribution in [0, 0.1) is 0 Å². The van der Waals surface area contributed by atoms with Crippen molar-refractivity contribution in [1.29, 1.82) is 0 Å². The minimum absolute atomic E-state index is 0.127. The molecule has 2 atom stereocenters. The normalized spacial score (nSPS) is 19.6. The Bertz CT molecular complexity index is 1050. The molecule has 7 nitrogen and oxygen atoms in total. The van der Waals surface area contributed by atoms with Crippen molar-refractivity contribution in [2.24, 2.45) is 0 Å². The number of ether oxygens (including phenoxy) is 2. The van der Waals surface area contributed by atoms with Gasteiger partial charge in [-0.3, -0.25) is 0 Å². The van der Waals surface area contributed by atoms with E-state index in [1.807, 2.05) is 51.1 Å². The van der Waals surface area contributed by atoms with E-state index in [0.717, 1.165) is 5.56 Å². The predicted octanol–water partition coefficient (Wildman–Crippen LogP) is 4.46. The lowest BCUT2D eigenvalue weighted by molar-refractivity contribution is -0.0162. The molecular formula is C26H34N2O5S. The second-order valence-electron chi connectivity index (χ2n) is 9.35. The van der Waals surface area contributed by atoms with Crippen LogP contribution < -0.4 is 0 Å². The number of hydrogen-bond acceptors (Lipinski definition) is 5. The molecule has 3 rings (SSSR count). The van der Waals surface area contributed by atoms with Crippen molar-refractivity contribution < 1.29 is 22.7 Å². The summed E-state index contributed by atoms with van der Waals surface area (Å²) in [5, 5.41) is 0. The highest BCUT2D eigenvalue weighted by atomic mass is 32.2. The minimum Gasteiger partial charge on any atom is -0.444 e. The van der Waals surface area contributed by atoms with Crippen LogP contribution in [0.4, 0.5) is 4.79 Å². The minimum atomic E-state index is -3.80. The van der Waals surface area contributed by atoms with Gasteiger partial charge in [0, 0.05) is 13.1 Å². The molecule has 184 valence electrons. The number of amides is 1. The lowest BCUT2D eigenvalue weighted by atomic mass is 10.1. The van der Waals surface area contributed by atoms with Gasteiger partial charge in [0.05, 0.1) is 30.2 Å². The topological polar surface area (TPSA) is 76.2 Å². The van der Waals surface area contributed by atoms with Crippen molar-refractivity contribution in [2.75, 3.05) is 19.7 Å². The molecule has 0 aliphatic carbocycles. The number of benzene rings is 2. The van der Waals surface area contributed by atoms with Gasteiger partial charge < -0.3 is 14.4 Å². The summed E-state index contributed by atoms with van der Waals surface area (Å²) >= 11 is 0. The maximum absolute atomic E-state index is 13.6. The maximum Gasteiger partial charge on any atom is 0.410 e. The molecule has 1 aliphatic heterocycles. The molecule has 0 aromatic heterocycles. The Hall–Kier alpha value is -2.68. The van der Waals surface area contributed by atoms with Crippen molar-refractivity contribution in [3.05, 3.63) is 78.9 Å². The van der Waals surface area contributed by atoms with Crippen molar-refractivity contribution in [1.82, 2.24) is 9.21 Å². The molecule has 2 aromatic carbocycles. The molecular weight excluding hydrogens is 452 g/mol. The monoisotopic (exact) mass is 486 g/mol. The van der Waals surface area contributed by atoms with E-state index >= 15 is 0 Å². The van der Waals surface area contributed by atoms with E-state index in [2.05, 4.69) is 6.58 Å². The summed E-state index contributed by atoms with van der Waals surface area (Å²) in [6.45, 7) is 10.0. The van der Waals surface area contributed by atoms with Gasteiger partial charge in [0.2, 0.25) is 10.0 Å². The summed E-state index contributed by atoms with van der Waals surface area (Å²) in [6.07, 6.45) is 1.67. The molecule has 1 aliphatic rings. The standard InChI is InChI=1S/C26H34N2O5S/c1-5-12-22-18-28(34(30,31)24-15-10-7-11-16-24)23(17-27(22)25(29)33-26(2,3)4)20-32-19-21-13-8-6-9-14-21/h5-11,13-16,22-23H,1,12,17-20H2,2-4H3/t22-,23-/m1/s1. The van der Waals surface area contributed by atoms with Gasteiger partial charge in [-0.15, -0.1) is 6.58 Å². The first-order valence-electron chi connectivity index (χ1n) is 11.4. The van der Waals surface area contributed by atoms with E-state index in [0.29, 0.717) is 13.0 Å². The summed E-state index contributed by atoms with van der Waals surface area (Å²) in [7, 11) is -3.80. The SMILES string of the molecule is C=CC[C@@H]1CN(S(=O)(=O)c2ccccc2)[C@@H](COCc2ccccc2)CN1C(=O)OC(C)(C)C. The molecule has 1 saturated heterocycles. The van der Waals surface area contributed by atoms with Crippen molar-refractivity contribution in [3.8, 4) is 0 Å². The van der Waals surface area contributed by atoms with Crippen molar-refractivity contribution in [3.63, 3.8) is 0 Å². The number of carbonyl (C=O) groups excluding carboxylic acids is 1. The summed E-state index contributed by atoms with van der Waals surface area (Å²) < 4.78 is 40.2. The lowest BCUT2D eigenvalue weighted by Gasteiger charge is -2.45. The Kier molecular flexibility index (Phi) is 8.52. The van der Waals surface area contributed by atoms with Crippen LogP contribution in [0.1, 0.15) is 32.8 Å². The van der Waals surface area contributed by atoms with Crippen molar-refractivity contribution in [2.45, 2.75) is 56.4 Å². The average Bonchev–Trinajstić information content (AvgIpc) is 2.80. The fourth-order valence-electron chi connectivity index (χ4n) is 3.91. The smallest absolute Gasteiger partial charge is 0.410 e. The molecule has 0 bridgehead atoms. The third-order valence-corrected chi connectivity index (χ3v) is 7.42. The van der Waals surface area contributed by atoms with Gasteiger partial charge in [0.1, 0.15) is 5.60 Å². The van der Waals surface area contributed by atoms with E-state index in [1.54, 1.807) is 41.3 Å². The molecule has 0 unspecified atom stereocenters. The molecule has 34 heavy (non-hydrogen) atoms. The Morgan fingerprint density at radius 2 is 1.65 bits per heavy atom. The maximum atomic E-state index is 13.6. The molecule has 1 amide bonds. The zero-order valence-corrected chi connectivity index (χ0v) is 20.9. The van der Waals surface area contributed by atoms with E-state index in [-0.39, 0.29) is 24.6 Å². The van der Waals surface area contributed by atoms with Crippen LogP contribution in [-0.2, 0) is 26.1 Å². The Balaban J connectivity index is 1.88. The predicted molar refractivity (Wildman–Crippen MR) is 132 cm³/mol. The van der Waals surface area contributed by atoms with E-state index in [1.165, 1.54) is 4.31 Å². The Morgan fingerprint density at radius 3 is 2.24 bits per heavy atom. The summed E-state index contributed by atoms with van der Waals surface area (Å²) in [5.41, 5.74) is 0.326. The zero-order chi connectivity index (χ0) is 24.8. The molecule has 0 saturated carbocycles. The second kappa shape index (κ2) is 11.2. The van der Waals surface area contributed by atoms with Crippen LogP contribution in [0.5, 0.6) is 0 Å². The number of nitrogens with zero attached hydrogens (tertiary/aromatic N) is 2. The van der Waals surface area contributed by atoms with Gasteiger partial charge in [-0.2, -0.15) is 4.31 Å². The van der Waals surface area contributed by atoms with Crippen LogP contribution in [-0.4, -0.2) is 61.1 Å². The average molecular weight is 487 g/mol. The summed E-state index contributed by atoms with van der Waals surface area (Å²) in [6, 6.07) is 17.1. The highest BCUT2D eigenvalue weighted by Crippen LogP contribution is 2.27. The van der Waals surface area contributed by atoms with Crippen LogP contribution in [0.3, 0.4) is 0 Å². The third-order valence-electron chi connectivity index (χ3n) is 5.48. The lowest BCUT2D eigenvalue weighted by Crippen LogP contribution is -2.62. The van der Waals surface area contributed by atoms with Gasteiger partial charge in [0.25, 0.3) is 0 Å². The fourth-order valence-corrected chi connectivity index (χ4v) is 5.57. The quantitative estimate of drug-likeness (QED) is 0.515. The molecule has 1 fully saturated rings. The second-order valence-corrected chi connectivity index (χ2v) is 11.2. The molecule has 1 heterocycles. The largest absolute Gasteiger partial charge is 0.444 e. The zero-order valence-electron chi connectivity index (χ0n) is 20.1. The fraction of sp³-hybridized carbons (Fsp3) is 0.423. The highest BCUT2D eigenvalue weighted by molar-refractivity contribution is 7.89. The van der Waals surface area contributed by atoms with Crippen LogP contribution >= 0.6 is 0 Å². The molecule has 0 N–H and O–H groups in total. The first-order chi connectivity index (χ1) is 16.1. The first-order valence-corrected chi connectivity index (χ1v) is 12.8. The van der Waals surface area contributed by atoms with Crippen molar-refractivity contribution >= 4 is 16.1 Å². The van der Waals surface area contributed by atoms with Crippen LogP contribution in [0.15, 0.2) is 78.2 Å². The summed E-state index contributed by atoms with van der Waals surface area (Å²) in [4.78, 5) is 14.9.